The van der Waals surface area contributed by atoms with Crippen LogP contribution in [0, 0.1) is 0 Å². The first-order chi connectivity index (χ1) is 8.27. The van der Waals surface area contributed by atoms with E-state index in [1.165, 1.54) is 19.1 Å². The molecule has 0 aromatic heterocycles. The van der Waals surface area contributed by atoms with Gasteiger partial charge in [-0.3, -0.25) is 4.79 Å². The largest absolute Gasteiger partial charge is 0.469 e. The minimum Gasteiger partial charge on any atom is -0.469 e. The number of piperidine rings is 1. The van der Waals surface area contributed by atoms with E-state index in [2.05, 4.69) is 17.4 Å². The molecule has 1 saturated heterocycles. The van der Waals surface area contributed by atoms with Gasteiger partial charge in [0.15, 0.2) is 0 Å². The molecule has 0 saturated carbocycles. The summed E-state index contributed by atoms with van der Waals surface area (Å²) in [6.45, 7) is 0.964. The third-order valence-corrected chi connectivity index (χ3v) is 3.49. The third kappa shape index (κ3) is 2.67. The maximum atomic E-state index is 11.6. The predicted molar refractivity (Wildman–Crippen MR) is 66.6 cm³/mol. The highest BCUT2D eigenvalue weighted by Gasteiger charge is 2.35. The first-order valence-electron chi connectivity index (χ1n) is 6.14. The van der Waals surface area contributed by atoms with Crippen molar-refractivity contribution in [2.45, 2.75) is 31.2 Å². The predicted octanol–water partition coefficient (Wildman–Crippen LogP) is 2.22. The van der Waals surface area contributed by atoms with E-state index in [0.29, 0.717) is 6.42 Å². The van der Waals surface area contributed by atoms with Crippen molar-refractivity contribution in [3.8, 4) is 0 Å². The Bertz CT molecular complexity index is 369. The fourth-order valence-electron chi connectivity index (χ4n) is 2.54. The Morgan fingerprint density at radius 2 is 2.12 bits per heavy atom. The molecule has 1 aliphatic rings. The van der Waals surface area contributed by atoms with Crippen LogP contribution in [0.25, 0.3) is 0 Å². The van der Waals surface area contributed by atoms with Gasteiger partial charge in [0.2, 0.25) is 0 Å². The van der Waals surface area contributed by atoms with Gasteiger partial charge in [-0.2, -0.15) is 0 Å². The molecule has 3 nitrogen and oxygen atoms in total. The van der Waals surface area contributed by atoms with Gasteiger partial charge in [-0.05, 0) is 31.4 Å². The summed E-state index contributed by atoms with van der Waals surface area (Å²) in [4.78, 5) is 11.6. The second-order valence-electron chi connectivity index (χ2n) is 4.58. The summed E-state index contributed by atoms with van der Waals surface area (Å²) in [6.07, 6.45) is 3.73. The summed E-state index contributed by atoms with van der Waals surface area (Å²) < 4.78 is 4.82. The number of benzene rings is 1. The van der Waals surface area contributed by atoms with Gasteiger partial charge in [-0.15, -0.1) is 0 Å². The molecule has 1 atom stereocenters. The number of rotatable bonds is 3. The van der Waals surface area contributed by atoms with Crippen LogP contribution >= 0.6 is 0 Å². The van der Waals surface area contributed by atoms with E-state index in [4.69, 9.17) is 4.74 Å². The minimum absolute atomic E-state index is 0.150. The molecule has 0 amide bonds. The molecule has 1 aliphatic heterocycles. The minimum atomic E-state index is -0.230. The standard InChI is InChI=1S/C14H19NO2/c1-17-13(16)11-14(9-5-6-10-15-14)12-7-3-2-4-8-12/h2-4,7-8,15H,5-6,9-11H2,1H3/t14-/m1/s1. The van der Waals surface area contributed by atoms with Crippen molar-refractivity contribution in [3.05, 3.63) is 35.9 Å². The Morgan fingerprint density at radius 3 is 2.71 bits per heavy atom. The van der Waals surface area contributed by atoms with Crippen molar-refractivity contribution >= 4 is 5.97 Å². The van der Waals surface area contributed by atoms with E-state index in [0.717, 1.165) is 19.4 Å². The van der Waals surface area contributed by atoms with E-state index in [-0.39, 0.29) is 11.5 Å². The van der Waals surface area contributed by atoms with Gasteiger partial charge >= 0.3 is 5.97 Å². The fourth-order valence-corrected chi connectivity index (χ4v) is 2.54. The molecule has 1 aromatic rings. The number of carbonyl (C=O) groups excluding carboxylic acids is 1. The monoisotopic (exact) mass is 233 g/mol. The molecule has 1 fully saturated rings. The Labute approximate surface area is 102 Å². The van der Waals surface area contributed by atoms with Crippen molar-refractivity contribution in [3.63, 3.8) is 0 Å². The van der Waals surface area contributed by atoms with E-state index in [1.54, 1.807) is 0 Å². The highest BCUT2D eigenvalue weighted by atomic mass is 16.5. The topological polar surface area (TPSA) is 38.3 Å². The van der Waals surface area contributed by atoms with Crippen molar-refractivity contribution < 1.29 is 9.53 Å². The summed E-state index contributed by atoms with van der Waals surface area (Å²) in [5.74, 6) is -0.150. The van der Waals surface area contributed by atoms with Gasteiger partial charge in [0.05, 0.1) is 19.1 Å². The molecule has 92 valence electrons. The van der Waals surface area contributed by atoms with Crippen LogP contribution in [0.3, 0.4) is 0 Å². The van der Waals surface area contributed by atoms with Crippen LogP contribution in [-0.4, -0.2) is 19.6 Å². The van der Waals surface area contributed by atoms with Gasteiger partial charge in [0.25, 0.3) is 0 Å². The van der Waals surface area contributed by atoms with Crippen molar-refractivity contribution in [1.29, 1.82) is 0 Å². The van der Waals surface area contributed by atoms with E-state index in [1.807, 2.05) is 18.2 Å². The normalized spacial score (nSPS) is 24.3. The fraction of sp³-hybridized carbons (Fsp3) is 0.500. The molecule has 0 unspecified atom stereocenters. The van der Waals surface area contributed by atoms with Gasteiger partial charge in [0, 0.05) is 0 Å². The van der Waals surface area contributed by atoms with Crippen molar-refractivity contribution in [2.24, 2.45) is 0 Å². The zero-order chi connectivity index (χ0) is 12.1. The number of carbonyl (C=O) groups is 1. The summed E-state index contributed by atoms with van der Waals surface area (Å²) in [7, 11) is 1.45. The maximum Gasteiger partial charge on any atom is 0.307 e. The molecule has 0 spiro atoms. The quantitative estimate of drug-likeness (QED) is 0.813. The molecular formula is C14H19NO2. The van der Waals surface area contributed by atoms with E-state index < -0.39 is 0 Å². The van der Waals surface area contributed by atoms with Crippen LogP contribution in [-0.2, 0) is 15.1 Å². The molecule has 0 radical (unpaired) electrons. The number of hydrogen-bond acceptors (Lipinski definition) is 3. The Morgan fingerprint density at radius 1 is 1.35 bits per heavy atom. The molecule has 17 heavy (non-hydrogen) atoms. The first-order valence-corrected chi connectivity index (χ1v) is 6.14. The van der Waals surface area contributed by atoms with Gasteiger partial charge in [0.1, 0.15) is 0 Å². The van der Waals surface area contributed by atoms with Crippen molar-refractivity contribution in [2.75, 3.05) is 13.7 Å². The zero-order valence-corrected chi connectivity index (χ0v) is 10.2. The Balaban J connectivity index is 2.26. The number of hydrogen-bond donors (Lipinski definition) is 1. The molecule has 2 rings (SSSR count). The molecule has 0 bridgehead atoms. The molecule has 1 aromatic carbocycles. The van der Waals surface area contributed by atoms with Crippen LogP contribution in [0.2, 0.25) is 0 Å². The summed E-state index contributed by atoms with van der Waals surface area (Å²) in [6, 6.07) is 10.2. The van der Waals surface area contributed by atoms with Crippen LogP contribution < -0.4 is 5.32 Å². The maximum absolute atomic E-state index is 11.6. The SMILES string of the molecule is COC(=O)C[C@@]1(c2ccccc2)CCCCN1. The Kier molecular flexibility index (Phi) is 3.79. The lowest BCUT2D eigenvalue weighted by Crippen LogP contribution is -2.47. The third-order valence-electron chi connectivity index (χ3n) is 3.49. The lowest BCUT2D eigenvalue weighted by Gasteiger charge is -2.38. The van der Waals surface area contributed by atoms with Crippen LogP contribution in [0.1, 0.15) is 31.2 Å². The van der Waals surface area contributed by atoms with Crippen LogP contribution in [0.5, 0.6) is 0 Å². The second kappa shape index (κ2) is 5.32. The summed E-state index contributed by atoms with van der Waals surface area (Å²) in [5.41, 5.74) is 0.956. The van der Waals surface area contributed by atoms with Gasteiger partial charge in [-0.1, -0.05) is 30.3 Å². The first kappa shape index (κ1) is 12.1. The van der Waals surface area contributed by atoms with E-state index in [9.17, 15) is 4.79 Å². The molecule has 1 N–H and O–H groups in total. The second-order valence-corrected chi connectivity index (χ2v) is 4.58. The van der Waals surface area contributed by atoms with Crippen LogP contribution in [0.15, 0.2) is 30.3 Å². The highest BCUT2D eigenvalue weighted by molar-refractivity contribution is 5.71. The average molecular weight is 233 g/mol. The number of esters is 1. The lowest BCUT2D eigenvalue weighted by molar-refractivity contribution is -0.142. The number of nitrogens with one attached hydrogen (secondary N) is 1. The number of methoxy groups -OCH3 is 1. The van der Waals surface area contributed by atoms with Gasteiger partial charge < -0.3 is 10.1 Å². The molecule has 3 heteroatoms. The molecule has 0 aliphatic carbocycles. The smallest absolute Gasteiger partial charge is 0.307 e. The highest BCUT2D eigenvalue weighted by Crippen LogP contribution is 2.33. The summed E-state index contributed by atoms with van der Waals surface area (Å²) >= 11 is 0. The van der Waals surface area contributed by atoms with Crippen LogP contribution in [0.4, 0.5) is 0 Å². The summed E-state index contributed by atoms with van der Waals surface area (Å²) in [5, 5.41) is 3.51. The Hall–Kier alpha value is -1.35. The van der Waals surface area contributed by atoms with Crippen molar-refractivity contribution in [1.82, 2.24) is 5.32 Å². The number of ether oxygens (including phenoxy) is 1. The zero-order valence-electron chi connectivity index (χ0n) is 10.2. The van der Waals surface area contributed by atoms with E-state index >= 15 is 0 Å². The lowest BCUT2D eigenvalue weighted by atomic mass is 9.80. The average Bonchev–Trinajstić information content (AvgIpc) is 2.40. The molecular weight excluding hydrogens is 214 g/mol. The van der Waals surface area contributed by atoms with Gasteiger partial charge in [-0.25, -0.2) is 0 Å². The molecule has 1 heterocycles.